The second-order valence-electron chi connectivity index (χ2n) is 9.56. The van der Waals surface area contributed by atoms with Gasteiger partial charge in [-0.25, -0.2) is 0 Å². The molecule has 0 unspecified atom stereocenters. The number of rotatable bonds is 10. The van der Waals surface area contributed by atoms with E-state index >= 15 is 0 Å². The number of ether oxygens (including phenoxy) is 2. The van der Waals surface area contributed by atoms with E-state index in [1.807, 2.05) is 35.2 Å². The lowest BCUT2D eigenvalue weighted by Crippen LogP contribution is -2.50. The number of piperazine rings is 1. The van der Waals surface area contributed by atoms with E-state index in [4.69, 9.17) is 9.47 Å². The van der Waals surface area contributed by atoms with Gasteiger partial charge in [0.05, 0.1) is 25.7 Å². The van der Waals surface area contributed by atoms with Crippen molar-refractivity contribution in [1.82, 2.24) is 9.80 Å². The molecule has 1 fully saturated rings. The molecule has 1 heterocycles. The Kier molecular flexibility index (Phi) is 9.15. The molecule has 2 atom stereocenters. The van der Waals surface area contributed by atoms with Crippen molar-refractivity contribution < 1.29 is 14.3 Å². The Balaban J connectivity index is 1.39. The zero-order valence-corrected chi connectivity index (χ0v) is 21.7. The van der Waals surface area contributed by atoms with Crippen LogP contribution in [0.3, 0.4) is 0 Å². The van der Waals surface area contributed by atoms with Crippen LogP contribution in [0.1, 0.15) is 47.6 Å². The highest BCUT2D eigenvalue weighted by Gasteiger charge is 2.28. The molecule has 3 aromatic carbocycles. The quantitative estimate of drug-likeness (QED) is 0.374. The van der Waals surface area contributed by atoms with Gasteiger partial charge in [-0.05, 0) is 42.2 Å². The van der Waals surface area contributed by atoms with Gasteiger partial charge in [0.15, 0.2) is 0 Å². The minimum absolute atomic E-state index is 0.0693. The number of methoxy groups -OCH3 is 1. The van der Waals surface area contributed by atoms with E-state index in [9.17, 15) is 4.79 Å². The van der Waals surface area contributed by atoms with Crippen molar-refractivity contribution >= 4 is 5.91 Å². The van der Waals surface area contributed by atoms with E-state index in [0.717, 1.165) is 61.6 Å². The lowest BCUT2D eigenvalue weighted by Gasteiger charge is -2.38. The van der Waals surface area contributed by atoms with Crippen LogP contribution in [-0.4, -0.2) is 55.5 Å². The molecule has 190 valence electrons. The molecule has 0 spiro atoms. The number of carbonyl (C=O) groups is 1. The summed E-state index contributed by atoms with van der Waals surface area (Å²) in [5, 5.41) is 0. The van der Waals surface area contributed by atoms with Crippen LogP contribution < -0.4 is 4.74 Å². The van der Waals surface area contributed by atoms with E-state index in [0.29, 0.717) is 6.61 Å². The fourth-order valence-electron chi connectivity index (χ4n) is 4.82. The van der Waals surface area contributed by atoms with Gasteiger partial charge in [0.2, 0.25) is 5.91 Å². The Labute approximate surface area is 215 Å². The molecule has 4 rings (SSSR count). The minimum atomic E-state index is -0.0867. The van der Waals surface area contributed by atoms with E-state index in [1.54, 1.807) is 7.11 Å². The number of hydrogen-bond donors (Lipinski definition) is 0. The standard InChI is InChI=1S/C31H38N2O3/c1-4-29(26-9-6-5-7-10-26)31(34)33-19-17-32(18-20-33)22-30(27-11-8-12-28(21-27)35-3)36-23-25-15-13-24(2)14-16-25/h5-16,21,29-30H,4,17-20,22-23H2,1-3H3/t29-,30+/m1/s1. The van der Waals surface area contributed by atoms with E-state index in [-0.39, 0.29) is 17.9 Å². The maximum Gasteiger partial charge on any atom is 0.230 e. The highest BCUT2D eigenvalue weighted by Crippen LogP contribution is 2.26. The monoisotopic (exact) mass is 486 g/mol. The fourth-order valence-corrected chi connectivity index (χ4v) is 4.82. The smallest absolute Gasteiger partial charge is 0.230 e. The third-order valence-corrected chi connectivity index (χ3v) is 7.05. The summed E-state index contributed by atoms with van der Waals surface area (Å²) >= 11 is 0. The molecular formula is C31H38N2O3. The lowest BCUT2D eigenvalue weighted by atomic mass is 9.95. The number of amides is 1. The molecule has 1 aliphatic rings. The second-order valence-corrected chi connectivity index (χ2v) is 9.56. The Hall–Kier alpha value is -3.15. The Morgan fingerprint density at radius 1 is 0.889 bits per heavy atom. The molecule has 3 aromatic rings. The van der Waals surface area contributed by atoms with Gasteiger partial charge in [-0.15, -0.1) is 0 Å². The molecular weight excluding hydrogens is 448 g/mol. The normalized spacial score (nSPS) is 15.9. The highest BCUT2D eigenvalue weighted by molar-refractivity contribution is 5.83. The van der Waals surface area contributed by atoms with Crippen molar-refractivity contribution in [1.29, 1.82) is 0 Å². The minimum Gasteiger partial charge on any atom is -0.497 e. The predicted molar refractivity (Wildman–Crippen MR) is 144 cm³/mol. The van der Waals surface area contributed by atoms with Gasteiger partial charge in [-0.1, -0.05) is 79.2 Å². The Morgan fingerprint density at radius 3 is 2.25 bits per heavy atom. The molecule has 0 aromatic heterocycles. The van der Waals surface area contributed by atoms with Crippen molar-refractivity contribution in [2.75, 3.05) is 39.8 Å². The number of benzene rings is 3. The first-order valence-electron chi connectivity index (χ1n) is 12.9. The topological polar surface area (TPSA) is 42.0 Å². The van der Waals surface area contributed by atoms with E-state index in [2.05, 4.69) is 67.3 Å². The van der Waals surface area contributed by atoms with Gasteiger partial charge >= 0.3 is 0 Å². The summed E-state index contributed by atoms with van der Waals surface area (Å²) < 4.78 is 11.9. The molecule has 1 aliphatic heterocycles. The van der Waals surface area contributed by atoms with Gasteiger partial charge in [-0.3, -0.25) is 9.69 Å². The largest absolute Gasteiger partial charge is 0.497 e. The third kappa shape index (κ3) is 6.74. The van der Waals surface area contributed by atoms with Crippen LogP contribution in [0, 0.1) is 6.92 Å². The number of carbonyl (C=O) groups excluding carboxylic acids is 1. The van der Waals surface area contributed by atoms with Crippen molar-refractivity contribution in [2.45, 2.75) is 38.9 Å². The summed E-state index contributed by atoms with van der Waals surface area (Å²) in [5.74, 6) is 1.00. The SMILES string of the molecule is CC[C@@H](C(=O)N1CCN(C[C@H](OCc2ccc(C)cc2)c2cccc(OC)c2)CC1)c1ccccc1. The van der Waals surface area contributed by atoms with Gasteiger partial charge < -0.3 is 14.4 Å². The van der Waals surface area contributed by atoms with E-state index < -0.39 is 0 Å². The molecule has 36 heavy (non-hydrogen) atoms. The molecule has 1 saturated heterocycles. The van der Waals surface area contributed by atoms with Gasteiger partial charge in [0.25, 0.3) is 0 Å². The summed E-state index contributed by atoms with van der Waals surface area (Å²) in [5.41, 5.74) is 4.62. The molecule has 5 heteroatoms. The zero-order valence-electron chi connectivity index (χ0n) is 21.7. The molecule has 0 saturated carbocycles. The van der Waals surface area contributed by atoms with Crippen LogP contribution in [0.4, 0.5) is 0 Å². The maximum absolute atomic E-state index is 13.3. The van der Waals surface area contributed by atoms with Gasteiger partial charge in [-0.2, -0.15) is 0 Å². The van der Waals surface area contributed by atoms with Crippen LogP contribution >= 0.6 is 0 Å². The Bertz CT molecular complexity index is 1090. The first-order chi connectivity index (χ1) is 17.6. The molecule has 0 N–H and O–H groups in total. The summed E-state index contributed by atoms with van der Waals surface area (Å²) in [6, 6.07) is 26.8. The first-order valence-corrected chi connectivity index (χ1v) is 12.9. The average Bonchev–Trinajstić information content (AvgIpc) is 2.93. The predicted octanol–water partition coefficient (Wildman–Crippen LogP) is 5.60. The molecule has 5 nitrogen and oxygen atoms in total. The third-order valence-electron chi connectivity index (χ3n) is 7.05. The van der Waals surface area contributed by atoms with Crippen LogP contribution in [-0.2, 0) is 16.1 Å². The second kappa shape index (κ2) is 12.7. The highest BCUT2D eigenvalue weighted by atomic mass is 16.5. The molecule has 0 radical (unpaired) electrons. The van der Waals surface area contributed by atoms with Gasteiger partial charge in [0, 0.05) is 32.7 Å². The van der Waals surface area contributed by atoms with Crippen LogP contribution in [0.25, 0.3) is 0 Å². The lowest BCUT2D eigenvalue weighted by molar-refractivity contribution is -0.135. The number of nitrogens with zero attached hydrogens (tertiary/aromatic N) is 2. The summed E-state index contributed by atoms with van der Waals surface area (Å²) in [6.45, 7) is 8.67. The molecule has 0 aliphatic carbocycles. The average molecular weight is 487 g/mol. The summed E-state index contributed by atoms with van der Waals surface area (Å²) in [7, 11) is 1.69. The fraction of sp³-hybridized carbons (Fsp3) is 0.387. The molecule has 1 amide bonds. The maximum atomic E-state index is 13.3. The number of aryl methyl sites for hydroxylation is 1. The van der Waals surface area contributed by atoms with Crippen LogP contribution in [0.15, 0.2) is 78.9 Å². The number of hydrogen-bond acceptors (Lipinski definition) is 4. The van der Waals surface area contributed by atoms with Crippen molar-refractivity contribution in [3.8, 4) is 5.75 Å². The summed E-state index contributed by atoms with van der Waals surface area (Å²) in [4.78, 5) is 17.7. The summed E-state index contributed by atoms with van der Waals surface area (Å²) in [6.07, 6.45) is 0.727. The molecule has 0 bridgehead atoms. The van der Waals surface area contributed by atoms with Crippen molar-refractivity contribution in [3.63, 3.8) is 0 Å². The van der Waals surface area contributed by atoms with Crippen molar-refractivity contribution in [3.05, 3.63) is 101 Å². The van der Waals surface area contributed by atoms with Crippen LogP contribution in [0.2, 0.25) is 0 Å². The first kappa shape index (κ1) is 25.9. The van der Waals surface area contributed by atoms with Crippen LogP contribution in [0.5, 0.6) is 5.75 Å². The van der Waals surface area contributed by atoms with E-state index in [1.165, 1.54) is 5.56 Å². The van der Waals surface area contributed by atoms with Gasteiger partial charge in [0.1, 0.15) is 5.75 Å². The Morgan fingerprint density at radius 2 is 1.58 bits per heavy atom. The zero-order chi connectivity index (χ0) is 25.3. The van der Waals surface area contributed by atoms with Crippen molar-refractivity contribution in [2.24, 2.45) is 0 Å².